The van der Waals surface area contributed by atoms with Gasteiger partial charge in [0.15, 0.2) is 0 Å². The molecule has 1 aliphatic rings. The Bertz CT molecular complexity index is 494. The summed E-state index contributed by atoms with van der Waals surface area (Å²) in [6.45, 7) is 0. The normalized spacial score (nSPS) is 22.2. The second kappa shape index (κ2) is 6.52. The van der Waals surface area contributed by atoms with Crippen LogP contribution in [0.15, 0.2) is 24.3 Å². The highest BCUT2D eigenvalue weighted by molar-refractivity contribution is 5.99. The number of carbonyl (C=O) groups excluding carboxylic acids is 2. The van der Waals surface area contributed by atoms with Gasteiger partial charge in [0, 0.05) is 23.2 Å². The number of rotatable bonds is 4. The van der Waals surface area contributed by atoms with E-state index in [0.29, 0.717) is 17.2 Å². The number of primary amides is 1. The lowest BCUT2D eigenvalue weighted by molar-refractivity contribution is 0.0924. The number of hydrogen-bond donors (Lipinski definition) is 3. The van der Waals surface area contributed by atoms with Crippen molar-refractivity contribution < 1.29 is 9.59 Å². The van der Waals surface area contributed by atoms with Crippen LogP contribution in [0.25, 0.3) is 0 Å². The molecule has 0 bridgehead atoms. The Hall–Kier alpha value is -1.88. The highest BCUT2D eigenvalue weighted by Crippen LogP contribution is 2.18. The first-order chi connectivity index (χ1) is 9.60. The van der Waals surface area contributed by atoms with Gasteiger partial charge in [0.25, 0.3) is 5.91 Å². The van der Waals surface area contributed by atoms with E-state index in [2.05, 4.69) is 10.6 Å². The molecule has 20 heavy (non-hydrogen) atoms. The average molecular weight is 275 g/mol. The van der Waals surface area contributed by atoms with Crippen molar-refractivity contribution in [3.8, 4) is 0 Å². The summed E-state index contributed by atoms with van der Waals surface area (Å²) < 4.78 is 0. The summed E-state index contributed by atoms with van der Waals surface area (Å²) in [6.07, 6.45) is 4.10. The van der Waals surface area contributed by atoms with Crippen LogP contribution >= 0.6 is 0 Å². The molecule has 5 nitrogen and oxygen atoms in total. The molecule has 1 fully saturated rings. The first kappa shape index (κ1) is 14.5. The van der Waals surface area contributed by atoms with Gasteiger partial charge in [0.2, 0.25) is 5.91 Å². The minimum atomic E-state index is -0.519. The van der Waals surface area contributed by atoms with Crippen LogP contribution in [-0.4, -0.2) is 30.9 Å². The second-order valence-electron chi connectivity index (χ2n) is 5.26. The van der Waals surface area contributed by atoms with E-state index < -0.39 is 5.91 Å². The highest BCUT2D eigenvalue weighted by atomic mass is 16.2. The van der Waals surface area contributed by atoms with Gasteiger partial charge < -0.3 is 16.4 Å². The molecule has 108 valence electrons. The van der Waals surface area contributed by atoms with Gasteiger partial charge in [0.1, 0.15) is 0 Å². The number of nitrogens with one attached hydrogen (secondary N) is 2. The molecule has 0 radical (unpaired) electrons. The highest BCUT2D eigenvalue weighted by Gasteiger charge is 2.21. The van der Waals surface area contributed by atoms with E-state index in [4.69, 9.17) is 5.73 Å². The quantitative estimate of drug-likeness (QED) is 0.768. The lowest BCUT2D eigenvalue weighted by atomic mass is 9.91. The fourth-order valence-corrected chi connectivity index (χ4v) is 2.61. The minimum Gasteiger partial charge on any atom is -0.366 e. The summed E-state index contributed by atoms with van der Waals surface area (Å²) in [5, 5.41) is 6.29. The number of benzene rings is 1. The predicted molar refractivity (Wildman–Crippen MR) is 77.5 cm³/mol. The molecule has 0 spiro atoms. The summed E-state index contributed by atoms with van der Waals surface area (Å²) >= 11 is 0. The summed E-state index contributed by atoms with van der Waals surface area (Å²) in [5.41, 5.74) is 6.06. The summed E-state index contributed by atoms with van der Waals surface area (Å²) in [7, 11) is 1.97. The van der Waals surface area contributed by atoms with Crippen LogP contribution in [-0.2, 0) is 0 Å². The molecule has 5 heteroatoms. The van der Waals surface area contributed by atoms with Crippen molar-refractivity contribution in [3.05, 3.63) is 35.4 Å². The smallest absolute Gasteiger partial charge is 0.251 e. The van der Waals surface area contributed by atoms with Crippen LogP contribution in [0.1, 0.15) is 46.4 Å². The van der Waals surface area contributed by atoms with Crippen molar-refractivity contribution in [3.63, 3.8) is 0 Å². The fraction of sp³-hybridized carbons (Fsp3) is 0.467. The van der Waals surface area contributed by atoms with Crippen LogP contribution in [0.4, 0.5) is 0 Å². The minimum absolute atomic E-state index is 0.138. The molecule has 0 atom stereocenters. The van der Waals surface area contributed by atoms with E-state index in [1.807, 2.05) is 7.05 Å². The van der Waals surface area contributed by atoms with Crippen molar-refractivity contribution in [2.75, 3.05) is 7.05 Å². The van der Waals surface area contributed by atoms with Gasteiger partial charge in [-0.05, 0) is 50.9 Å². The lowest BCUT2D eigenvalue weighted by Crippen LogP contribution is -2.41. The van der Waals surface area contributed by atoms with Crippen LogP contribution in [0, 0.1) is 0 Å². The number of nitrogens with two attached hydrogens (primary N) is 1. The Morgan fingerprint density at radius 1 is 1.10 bits per heavy atom. The topological polar surface area (TPSA) is 84.2 Å². The molecule has 0 aromatic heterocycles. The Kier molecular flexibility index (Phi) is 4.74. The van der Waals surface area contributed by atoms with E-state index in [0.717, 1.165) is 25.7 Å². The third-order valence-corrected chi connectivity index (χ3v) is 3.88. The maximum absolute atomic E-state index is 12.2. The second-order valence-corrected chi connectivity index (χ2v) is 5.26. The van der Waals surface area contributed by atoms with Gasteiger partial charge >= 0.3 is 0 Å². The Morgan fingerprint density at radius 3 is 2.30 bits per heavy atom. The molecule has 1 aromatic rings. The van der Waals surface area contributed by atoms with E-state index in [1.165, 1.54) is 6.07 Å². The molecule has 0 unspecified atom stereocenters. The lowest BCUT2D eigenvalue weighted by Gasteiger charge is -2.28. The molecular weight excluding hydrogens is 254 g/mol. The van der Waals surface area contributed by atoms with Crippen LogP contribution in [0.2, 0.25) is 0 Å². The van der Waals surface area contributed by atoms with Gasteiger partial charge in [-0.15, -0.1) is 0 Å². The van der Waals surface area contributed by atoms with Crippen molar-refractivity contribution in [2.24, 2.45) is 5.73 Å². The molecule has 1 aliphatic carbocycles. The van der Waals surface area contributed by atoms with Crippen molar-refractivity contribution in [1.29, 1.82) is 0 Å². The van der Waals surface area contributed by atoms with Gasteiger partial charge in [-0.2, -0.15) is 0 Å². The summed E-state index contributed by atoms with van der Waals surface area (Å²) in [6, 6.07) is 7.29. The maximum atomic E-state index is 12.2. The van der Waals surface area contributed by atoms with Gasteiger partial charge in [-0.3, -0.25) is 9.59 Å². The first-order valence-corrected chi connectivity index (χ1v) is 6.98. The number of hydrogen-bond acceptors (Lipinski definition) is 3. The van der Waals surface area contributed by atoms with Crippen LogP contribution < -0.4 is 16.4 Å². The largest absolute Gasteiger partial charge is 0.366 e. The maximum Gasteiger partial charge on any atom is 0.251 e. The molecule has 4 N–H and O–H groups in total. The molecule has 1 aromatic carbocycles. The zero-order chi connectivity index (χ0) is 14.5. The monoisotopic (exact) mass is 275 g/mol. The van der Waals surface area contributed by atoms with Gasteiger partial charge in [0.05, 0.1) is 0 Å². The number of carbonyl (C=O) groups is 2. The molecule has 2 rings (SSSR count). The average Bonchev–Trinajstić information content (AvgIpc) is 2.48. The SMILES string of the molecule is CNC1CCC(NC(=O)c2cccc(C(N)=O)c2)CC1. The first-order valence-electron chi connectivity index (χ1n) is 6.98. The standard InChI is InChI=1S/C15H21N3O2/c1-17-12-5-7-13(8-6-12)18-15(20)11-4-2-3-10(9-11)14(16)19/h2-4,9,12-13,17H,5-8H2,1H3,(H2,16,19)(H,18,20). The third-order valence-electron chi connectivity index (χ3n) is 3.88. The molecule has 0 aliphatic heterocycles. The van der Waals surface area contributed by atoms with E-state index >= 15 is 0 Å². The fourth-order valence-electron chi connectivity index (χ4n) is 2.61. The van der Waals surface area contributed by atoms with Crippen molar-refractivity contribution in [2.45, 2.75) is 37.8 Å². The Morgan fingerprint density at radius 2 is 1.70 bits per heavy atom. The molecular formula is C15H21N3O2. The van der Waals surface area contributed by atoms with Gasteiger partial charge in [-0.25, -0.2) is 0 Å². The third kappa shape index (κ3) is 3.57. The Balaban J connectivity index is 1.95. The van der Waals surface area contributed by atoms with Crippen molar-refractivity contribution in [1.82, 2.24) is 10.6 Å². The number of amides is 2. The predicted octanol–water partition coefficient (Wildman–Crippen LogP) is 1.05. The van der Waals surface area contributed by atoms with Crippen molar-refractivity contribution >= 4 is 11.8 Å². The summed E-state index contributed by atoms with van der Waals surface area (Å²) in [5.74, 6) is -0.657. The molecule has 0 heterocycles. The van der Waals surface area contributed by atoms with Gasteiger partial charge in [-0.1, -0.05) is 6.07 Å². The Labute approximate surface area is 118 Å². The van der Waals surface area contributed by atoms with E-state index in [-0.39, 0.29) is 11.9 Å². The molecule has 1 saturated carbocycles. The van der Waals surface area contributed by atoms with Crippen LogP contribution in [0.3, 0.4) is 0 Å². The molecule has 2 amide bonds. The molecule has 0 saturated heterocycles. The van der Waals surface area contributed by atoms with E-state index in [1.54, 1.807) is 18.2 Å². The zero-order valence-electron chi connectivity index (χ0n) is 11.7. The zero-order valence-corrected chi connectivity index (χ0v) is 11.7. The van der Waals surface area contributed by atoms with Crippen LogP contribution in [0.5, 0.6) is 0 Å². The summed E-state index contributed by atoms with van der Waals surface area (Å²) in [4.78, 5) is 23.3. The van der Waals surface area contributed by atoms with E-state index in [9.17, 15) is 9.59 Å².